The molecule has 0 amide bonds. The average Bonchev–Trinajstić information content (AvgIpc) is 2.38. The van der Waals surface area contributed by atoms with Crippen LogP contribution in [-0.2, 0) is 20.5 Å². The summed E-state index contributed by atoms with van der Waals surface area (Å²) in [6.07, 6.45) is 17.9. The minimum absolute atomic E-state index is 0. The summed E-state index contributed by atoms with van der Waals surface area (Å²) in [5.74, 6) is 0.181. The molecule has 0 aromatic heterocycles. The van der Waals surface area contributed by atoms with E-state index in [0.717, 1.165) is 19.3 Å². The van der Waals surface area contributed by atoms with Crippen molar-refractivity contribution in [3.05, 3.63) is 0 Å². The second kappa shape index (κ2) is 18.3. The van der Waals surface area contributed by atoms with Crippen LogP contribution < -0.4 is 51.4 Å². The van der Waals surface area contributed by atoms with Gasteiger partial charge in [-0.1, -0.05) is 90.4 Å². The first-order valence-electron chi connectivity index (χ1n) is 8.50. The zero-order valence-electron chi connectivity index (χ0n) is 14.2. The monoisotopic (exact) mass is 360 g/mol. The summed E-state index contributed by atoms with van der Waals surface area (Å²) in [6, 6.07) is 0. The maximum atomic E-state index is 10.8. The maximum Gasteiger partial charge on any atom is 1.00 e. The topological polar surface area (TPSA) is 34.1 Å². The molecule has 21 heavy (non-hydrogen) atoms. The van der Waals surface area contributed by atoms with E-state index in [1.165, 1.54) is 70.6 Å². The summed E-state index contributed by atoms with van der Waals surface area (Å²) in [5, 5.41) is 0. The first-order chi connectivity index (χ1) is 9.56. The minimum atomic E-state index is -3.16. The molecule has 5 heteroatoms. The molecule has 0 unspecified atom stereocenters. The Balaban J connectivity index is 0. The van der Waals surface area contributed by atoms with E-state index in [0.29, 0.717) is 0 Å². The van der Waals surface area contributed by atoms with Crippen LogP contribution in [0, 0.1) is 0 Å². The second-order valence-corrected chi connectivity index (χ2v) is 8.91. The summed E-state index contributed by atoms with van der Waals surface area (Å²) < 4.78 is 21.5. The second-order valence-electron chi connectivity index (χ2n) is 5.86. The van der Waals surface area contributed by atoms with Crippen molar-refractivity contribution in [2.45, 2.75) is 96.8 Å². The largest absolute Gasteiger partial charge is 1.00 e. The fraction of sp³-hybridized carbons (Fsp3) is 1.00. The van der Waals surface area contributed by atoms with E-state index in [1.54, 1.807) is 0 Å². The number of unbranched alkanes of at least 4 members (excludes halogenated alkanes) is 13. The summed E-state index contributed by atoms with van der Waals surface area (Å²) >= 11 is 4.35. The first-order valence-corrected chi connectivity index (χ1v) is 11.1. The first kappa shape index (κ1) is 25.2. The molecule has 0 bridgehead atoms. The van der Waals surface area contributed by atoms with E-state index in [-0.39, 0.29) is 57.1 Å². The molecule has 2 nitrogen and oxygen atoms in total. The van der Waals surface area contributed by atoms with Gasteiger partial charge in [-0.3, -0.25) is 8.42 Å². The van der Waals surface area contributed by atoms with Gasteiger partial charge in [-0.2, -0.15) is 0 Å². The van der Waals surface area contributed by atoms with Gasteiger partial charge >= 0.3 is 51.4 Å². The standard InChI is InChI=1S/C16H34O2S2.K/c1-2-3-4-5-6-7-8-9-10-11-12-13-14-15-16-20(17,18)19;/h2-16H2,1H3,(H,17,18,19);/q;+1/p-1. The zero-order valence-corrected chi connectivity index (χ0v) is 19.0. The summed E-state index contributed by atoms with van der Waals surface area (Å²) in [5.41, 5.74) is 0. The van der Waals surface area contributed by atoms with Crippen molar-refractivity contribution in [3.63, 3.8) is 0 Å². The van der Waals surface area contributed by atoms with Gasteiger partial charge in [0.15, 0.2) is 0 Å². The normalized spacial score (nSPS) is 11.3. The van der Waals surface area contributed by atoms with Crippen molar-refractivity contribution in [2.75, 3.05) is 5.75 Å². The molecule has 0 aromatic carbocycles. The van der Waals surface area contributed by atoms with Crippen LogP contribution in [-0.4, -0.2) is 14.2 Å². The van der Waals surface area contributed by atoms with Gasteiger partial charge in [-0.25, -0.2) is 0 Å². The molecular formula is C16H33KO2S2. The molecule has 0 aliphatic heterocycles. The molecule has 0 saturated carbocycles. The van der Waals surface area contributed by atoms with Gasteiger partial charge in [-0.15, -0.1) is 0 Å². The van der Waals surface area contributed by atoms with Gasteiger partial charge in [0.1, 0.15) is 0 Å². The van der Waals surface area contributed by atoms with Crippen LogP contribution >= 0.6 is 0 Å². The summed E-state index contributed by atoms with van der Waals surface area (Å²) in [7, 11) is -3.16. The van der Waals surface area contributed by atoms with Gasteiger partial charge in [0.25, 0.3) is 0 Å². The van der Waals surface area contributed by atoms with Crippen molar-refractivity contribution in [3.8, 4) is 0 Å². The maximum absolute atomic E-state index is 10.8. The third kappa shape index (κ3) is 24.3. The third-order valence-corrected chi connectivity index (χ3v) is 5.04. The predicted molar refractivity (Wildman–Crippen MR) is 91.5 cm³/mol. The van der Waals surface area contributed by atoms with Crippen LogP contribution in [0.2, 0.25) is 0 Å². The van der Waals surface area contributed by atoms with Crippen LogP contribution in [0.15, 0.2) is 0 Å². The smallest absolute Gasteiger partial charge is 0.649 e. The Bertz CT molecular complexity index is 293. The van der Waals surface area contributed by atoms with Gasteiger partial charge < -0.3 is 11.7 Å². The molecule has 0 N–H and O–H groups in total. The predicted octanol–water partition coefficient (Wildman–Crippen LogP) is 2.35. The van der Waals surface area contributed by atoms with Crippen LogP contribution in [0.5, 0.6) is 0 Å². The third-order valence-electron chi connectivity index (χ3n) is 3.75. The number of hydrogen-bond acceptors (Lipinski definition) is 3. The van der Waals surface area contributed by atoms with Crippen molar-refractivity contribution in [2.24, 2.45) is 0 Å². The van der Waals surface area contributed by atoms with E-state index in [9.17, 15) is 8.42 Å². The van der Waals surface area contributed by atoms with E-state index < -0.39 is 8.87 Å². The van der Waals surface area contributed by atoms with E-state index in [2.05, 4.69) is 18.6 Å². The molecule has 0 aliphatic carbocycles. The average molecular weight is 361 g/mol. The molecule has 0 fully saturated rings. The fourth-order valence-electron chi connectivity index (χ4n) is 2.47. The van der Waals surface area contributed by atoms with E-state index in [1.807, 2.05) is 0 Å². The van der Waals surface area contributed by atoms with Gasteiger partial charge in [0, 0.05) is 14.6 Å². The van der Waals surface area contributed by atoms with Crippen molar-refractivity contribution in [1.29, 1.82) is 0 Å². The van der Waals surface area contributed by atoms with Crippen molar-refractivity contribution < 1.29 is 59.8 Å². The molecule has 0 atom stereocenters. The molecule has 0 saturated heterocycles. The summed E-state index contributed by atoms with van der Waals surface area (Å²) in [4.78, 5) is 0. The van der Waals surface area contributed by atoms with Crippen molar-refractivity contribution in [1.82, 2.24) is 0 Å². The van der Waals surface area contributed by atoms with E-state index in [4.69, 9.17) is 0 Å². The van der Waals surface area contributed by atoms with Crippen LogP contribution in [0.25, 0.3) is 0 Å². The molecule has 0 spiro atoms. The molecule has 0 radical (unpaired) electrons. The van der Waals surface area contributed by atoms with Gasteiger partial charge in [0.2, 0.25) is 0 Å². The number of rotatable bonds is 15. The molecule has 0 rings (SSSR count). The van der Waals surface area contributed by atoms with E-state index >= 15 is 0 Å². The Morgan fingerprint density at radius 2 is 0.905 bits per heavy atom. The van der Waals surface area contributed by atoms with Crippen molar-refractivity contribution >= 4 is 20.5 Å². The van der Waals surface area contributed by atoms with Gasteiger partial charge in [0.05, 0.1) is 0 Å². The Morgan fingerprint density at radius 1 is 0.619 bits per heavy atom. The molecule has 0 aromatic rings. The molecule has 0 heterocycles. The minimum Gasteiger partial charge on any atom is -0.649 e. The Hall–Kier alpha value is 1.94. The van der Waals surface area contributed by atoms with Gasteiger partial charge in [-0.05, 0) is 6.42 Å². The Kier molecular flexibility index (Phi) is 21.9. The van der Waals surface area contributed by atoms with Crippen LogP contribution in [0.1, 0.15) is 96.8 Å². The SMILES string of the molecule is CCCCCCCCCCCCCCCCS(=O)(=O)[S-].[K+]. The van der Waals surface area contributed by atoms with Crippen LogP contribution in [0.4, 0.5) is 0 Å². The summed E-state index contributed by atoms with van der Waals surface area (Å²) in [6.45, 7) is 2.26. The van der Waals surface area contributed by atoms with Crippen LogP contribution in [0.3, 0.4) is 0 Å². The molecular weight excluding hydrogens is 327 g/mol. The quantitative estimate of drug-likeness (QED) is 0.195. The number of hydrogen-bond donors (Lipinski definition) is 0. The fourth-order valence-corrected chi connectivity index (χ4v) is 3.38. The Labute approximate surface area is 180 Å². The molecule has 0 aliphatic rings. The molecule has 122 valence electrons. The Morgan fingerprint density at radius 3 is 1.19 bits per heavy atom. The zero-order chi connectivity index (χ0) is 15.1.